The van der Waals surface area contributed by atoms with Gasteiger partial charge in [0.2, 0.25) is 0 Å². The van der Waals surface area contributed by atoms with Crippen LogP contribution in [-0.2, 0) is 26.2 Å². The van der Waals surface area contributed by atoms with Crippen LogP contribution in [0.2, 0.25) is 0 Å². The van der Waals surface area contributed by atoms with Crippen LogP contribution in [0.5, 0.6) is 5.75 Å². The van der Waals surface area contributed by atoms with Crippen LogP contribution in [0.25, 0.3) is 0 Å². The minimum Gasteiger partial charge on any atom is -0.489 e. The molecule has 4 nitrogen and oxygen atoms in total. The Morgan fingerprint density at radius 2 is 1.73 bits per heavy atom. The SMILES string of the molecule is CCC=CC=CC(O)(CC)CCc1cccc(OCc2ccc(CO)c(CO)c2)c1. The average Bonchev–Trinajstić information content (AvgIpc) is 2.79. The summed E-state index contributed by atoms with van der Waals surface area (Å²) in [6, 6.07) is 13.5. The fraction of sp³-hybridized carbons (Fsp3) is 0.385. The highest BCUT2D eigenvalue weighted by atomic mass is 16.5. The molecule has 1 unspecified atom stereocenters. The Morgan fingerprint density at radius 3 is 2.43 bits per heavy atom. The van der Waals surface area contributed by atoms with Crippen molar-refractivity contribution in [2.24, 2.45) is 0 Å². The highest BCUT2D eigenvalue weighted by Gasteiger charge is 2.20. The molecule has 30 heavy (non-hydrogen) atoms. The number of aryl methyl sites for hydroxylation is 1. The van der Waals surface area contributed by atoms with Crippen LogP contribution in [0.4, 0.5) is 0 Å². The van der Waals surface area contributed by atoms with Gasteiger partial charge in [0, 0.05) is 0 Å². The molecule has 0 aromatic heterocycles. The summed E-state index contributed by atoms with van der Waals surface area (Å²) in [5.74, 6) is 0.769. The minimum atomic E-state index is -0.815. The van der Waals surface area contributed by atoms with E-state index in [0.29, 0.717) is 25.0 Å². The highest BCUT2D eigenvalue weighted by molar-refractivity contribution is 5.32. The number of aliphatic hydroxyl groups excluding tert-OH is 2. The number of aliphatic hydroxyl groups is 3. The van der Waals surface area contributed by atoms with Crippen LogP contribution in [-0.4, -0.2) is 20.9 Å². The summed E-state index contributed by atoms with van der Waals surface area (Å²) in [7, 11) is 0. The van der Waals surface area contributed by atoms with Crippen LogP contribution < -0.4 is 4.74 Å². The lowest BCUT2D eigenvalue weighted by molar-refractivity contribution is 0.0777. The second-order valence-corrected chi connectivity index (χ2v) is 7.51. The largest absolute Gasteiger partial charge is 0.489 e. The zero-order valence-corrected chi connectivity index (χ0v) is 18.1. The molecule has 0 radical (unpaired) electrons. The van der Waals surface area contributed by atoms with Gasteiger partial charge >= 0.3 is 0 Å². The molecule has 0 aliphatic carbocycles. The molecule has 1 atom stereocenters. The molecule has 2 rings (SSSR count). The Balaban J connectivity index is 1.97. The van der Waals surface area contributed by atoms with Gasteiger partial charge in [-0.25, -0.2) is 0 Å². The maximum Gasteiger partial charge on any atom is 0.120 e. The zero-order valence-electron chi connectivity index (χ0n) is 18.1. The summed E-state index contributed by atoms with van der Waals surface area (Å²) in [4.78, 5) is 0. The van der Waals surface area contributed by atoms with Crippen LogP contribution in [0.15, 0.2) is 66.8 Å². The van der Waals surface area contributed by atoms with Gasteiger partial charge in [-0.05, 0) is 66.1 Å². The van der Waals surface area contributed by atoms with Crippen molar-refractivity contribution >= 4 is 0 Å². The Labute approximate surface area is 180 Å². The lowest BCUT2D eigenvalue weighted by atomic mass is 9.92. The zero-order chi connectivity index (χ0) is 21.8. The van der Waals surface area contributed by atoms with Gasteiger partial charge in [-0.1, -0.05) is 62.4 Å². The van der Waals surface area contributed by atoms with E-state index in [-0.39, 0.29) is 13.2 Å². The van der Waals surface area contributed by atoms with Crippen molar-refractivity contribution in [3.63, 3.8) is 0 Å². The second-order valence-electron chi connectivity index (χ2n) is 7.51. The first-order valence-electron chi connectivity index (χ1n) is 10.6. The summed E-state index contributed by atoms with van der Waals surface area (Å²) in [5, 5.41) is 29.6. The van der Waals surface area contributed by atoms with Gasteiger partial charge in [-0.15, -0.1) is 0 Å². The maximum absolute atomic E-state index is 10.8. The quantitative estimate of drug-likeness (QED) is 0.438. The number of allylic oxidation sites excluding steroid dienone is 3. The van der Waals surface area contributed by atoms with Gasteiger partial charge in [0.15, 0.2) is 0 Å². The summed E-state index contributed by atoms with van der Waals surface area (Å²) in [5.41, 5.74) is 2.68. The number of rotatable bonds is 12. The molecule has 162 valence electrons. The monoisotopic (exact) mass is 410 g/mol. The molecule has 0 saturated heterocycles. The van der Waals surface area contributed by atoms with E-state index >= 15 is 0 Å². The van der Waals surface area contributed by atoms with E-state index in [1.54, 1.807) is 0 Å². The predicted octanol–water partition coefficient (Wildman–Crippen LogP) is 4.85. The molecular formula is C26H34O4. The van der Waals surface area contributed by atoms with Gasteiger partial charge in [0.25, 0.3) is 0 Å². The van der Waals surface area contributed by atoms with Gasteiger partial charge in [0.05, 0.1) is 18.8 Å². The van der Waals surface area contributed by atoms with Crippen molar-refractivity contribution in [3.8, 4) is 5.75 Å². The average molecular weight is 411 g/mol. The van der Waals surface area contributed by atoms with E-state index < -0.39 is 5.60 Å². The van der Waals surface area contributed by atoms with Crippen LogP contribution in [0.1, 0.15) is 55.4 Å². The molecule has 2 aromatic rings. The Kier molecular flexibility index (Phi) is 9.81. The molecule has 0 fully saturated rings. The molecule has 0 bridgehead atoms. The van der Waals surface area contributed by atoms with Crippen molar-refractivity contribution < 1.29 is 20.1 Å². The predicted molar refractivity (Wildman–Crippen MR) is 121 cm³/mol. The maximum atomic E-state index is 10.8. The summed E-state index contributed by atoms with van der Waals surface area (Å²) >= 11 is 0. The fourth-order valence-corrected chi connectivity index (χ4v) is 3.22. The lowest BCUT2D eigenvalue weighted by Gasteiger charge is -2.23. The lowest BCUT2D eigenvalue weighted by Crippen LogP contribution is -2.25. The Hall–Kier alpha value is -2.40. The van der Waals surface area contributed by atoms with E-state index in [1.807, 2.05) is 67.6 Å². The molecule has 4 heteroatoms. The summed E-state index contributed by atoms with van der Waals surface area (Å²) in [6.45, 7) is 4.26. The molecule has 0 aliphatic heterocycles. The Bertz CT molecular complexity index is 841. The van der Waals surface area contributed by atoms with E-state index in [4.69, 9.17) is 4.74 Å². The number of ether oxygens (including phenoxy) is 1. The first-order valence-corrected chi connectivity index (χ1v) is 10.6. The van der Waals surface area contributed by atoms with Crippen LogP contribution in [0.3, 0.4) is 0 Å². The van der Waals surface area contributed by atoms with E-state index in [1.165, 1.54) is 0 Å². The molecule has 3 N–H and O–H groups in total. The summed E-state index contributed by atoms with van der Waals surface area (Å²) < 4.78 is 5.93. The van der Waals surface area contributed by atoms with Gasteiger partial charge in [-0.3, -0.25) is 0 Å². The smallest absolute Gasteiger partial charge is 0.120 e. The first-order chi connectivity index (χ1) is 14.5. The molecule has 0 aliphatic rings. The van der Waals surface area contributed by atoms with E-state index in [9.17, 15) is 15.3 Å². The Morgan fingerprint density at radius 1 is 0.933 bits per heavy atom. The molecule has 0 heterocycles. The summed E-state index contributed by atoms with van der Waals surface area (Å²) in [6.07, 6.45) is 10.9. The first kappa shape index (κ1) is 23.9. The van der Waals surface area contributed by atoms with Crippen molar-refractivity contribution in [1.82, 2.24) is 0 Å². The fourth-order valence-electron chi connectivity index (χ4n) is 3.22. The topological polar surface area (TPSA) is 69.9 Å². The minimum absolute atomic E-state index is 0.0900. The number of hydrogen-bond donors (Lipinski definition) is 3. The second kappa shape index (κ2) is 12.3. The van der Waals surface area contributed by atoms with Gasteiger partial charge in [-0.2, -0.15) is 0 Å². The standard InChI is InChI=1S/C26H34O4/c1-3-5-6-7-14-26(29,4-2)15-13-21-9-8-10-25(17-21)30-20-22-11-12-23(18-27)24(16-22)19-28/h5-12,14,16-17,27-29H,3-4,13,15,18-20H2,1-2H3. The number of benzene rings is 2. The van der Waals surface area contributed by atoms with E-state index in [2.05, 4.69) is 13.0 Å². The molecule has 0 spiro atoms. The number of hydrogen-bond acceptors (Lipinski definition) is 4. The van der Waals surface area contributed by atoms with Crippen LogP contribution >= 0.6 is 0 Å². The normalized spacial score (nSPS) is 13.8. The molecular weight excluding hydrogens is 376 g/mol. The molecule has 0 saturated carbocycles. The van der Waals surface area contributed by atoms with Crippen molar-refractivity contribution in [3.05, 3.63) is 89.0 Å². The van der Waals surface area contributed by atoms with Gasteiger partial charge < -0.3 is 20.1 Å². The third-order valence-corrected chi connectivity index (χ3v) is 5.26. The third-order valence-electron chi connectivity index (χ3n) is 5.26. The molecule has 2 aromatic carbocycles. The van der Waals surface area contributed by atoms with E-state index in [0.717, 1.165) is 35.3 Å². The van der Waals surface area contributed by atoms with Crippen LogP contribution in [0, 0.1) is 0 Å². The van der Waals surface area contributed by atoms with Crippen molar-refractivity contribution in [1.29, 1.82) is 0 Å². The highest BCUT2D eigenvalue weighted by Crippen LogP contribution is 2.23. The van der Waals surface area contributed by atoms with Crippen molar-refractivity contribution in [2.45, 2.75) is 65.0 Å². The third kappa shape index (κ3) is 7.45. The molecule has 0 amide bonds. The van der Waals surface area contributed by atoms with Crippen molar-refractivity contribution in [2.75, 3.05) is 0 Å². The van der Waals surface area contributed by atoms with Gasteiger partial charge in [0.1, 0.15) is 12.4 Å².